The van der Waals surface area contributed by atoms with Gasteiger partial charge in [-0.25, -0.2) is 9.79 Å². The summed E-state index contributed by atoms with van der Waals surface area (Å²) in [7, 11) is 1.54. The molecular formula is C27H28N2O5S. The number of hydrogen-bond acceptors (Lipinski definition) is 7. The summed E-state index contributed by atoms with van der Waals surface area (Å²) < 4.78 is 18.3. The molecule has 1 aromatic heterocycles. The van der Waals surface area contributed by atoms with Crippen LogP contribution in [0.4, 0.5) is 0 Å². The van der Waals surface area contributed by atoms with Crippen molar-refractivity contribution in [3.63, 3.8) is 0 Å². The van der Waals surface area contributed by atoms with Crippen molar-refractivity contribution in [3.8, 4) is 5.75 Å². The number of benzene rings is 2. The van der Waals surface area contributed by atoms with Gasteiger partial charge in [-0.15, -0.1) is 0 Å². The molecule has 7 nitrogen and oxygen atoms in total. The van der Waals surface area contributed by atoms with Gasteiger partial charge in [-0.3, -0.25) is 9.36 Å². The zero-order chi connectivity index (χ0) is 24.8. The van der Waals surface area contributed by atoms with Gasteiger partial charge < -0.3 is 14.2 Å². The fourth-order valence-electron chi connectivity index (χ4n) is 3.86. The molecule has 0 bridgehead atoms. The molecule has 8 heteroatoms. The molecule has 0 saturated carbocycles. The fourth-order valence-corrected chi connectivity index (χ4v) is 4.91. The van der Waals surface area contributed by atoms with Gasteiger partial charge in [-0.2, -0.15) is 0 Å². The topological polar surface area (TPSA) is 79.1 Å². The SMILES string of the molecule is CCCOc1ccc([C@@H]2C(C(=O)OCCOC)=C(C)N=c3s/c(=C\c4ccccc4)c(=O)n32)cc1. The highest BCUT2D eigenvalue weighted by Gasteiger charge is 2.33. The summed E-state index contributed by atoms with van der Waals surface area (Å²) in [6, 6.07) is 16.5. The molecule has 2 aromatic carbocycles. The van der Waals surface area contributed by atoms with Crippen molar-refractivity contribution in [1.82, 2.24) is 4.57 Å². The smallest absolute Gasteiger partial charge is 0.338 e. The summed E-state index contributed by atoms with van der Waals surface area (Å²) >= 11 is 1.31. The van der Waals surface area contributed by atoms with Gasteiger partial charge in [0.2, 0.25) is 0 Å². The van der Waals surface area contributed by atoms with Gasteiger partial charge in [0.05, 0.1) is 35.1 Å². The molecule has 0 fully saturated rings. The van der Waals surface area contributed by atoms with Crippen molar-refractivity contribution < 1.29 is 19.0 Å². The van der Waals surface area contributed by atoms with Gasteiger partial charge in [-0.05, 0) is 42.7 Å². The van der Waals surface area contributed by atoms with Crippen LogP contribution >= 0.6 is 11.3 Å². The number of methoxy groups -OCH3 is 1. The second-order valence-corrected chi connectivity index (χ2v) is 9.05. The largest absolute Gasteiger partial charge is 0.494 e. The second kappa shape index (κ2) is 11.3. The molecule has 0 N–H and O–H groups in total. The molecule has 2 heterocycles. The molecule has 1 atom stereocenters. The van der Waals surface area contributed by atoms with E-state index in [4.69, 9.17) is 14.2 Å². The normalized spacial score (nSPS) is 15.5. The van der Waals surface area contributed by atoms with Crippen LogP contribution in [-0.2, 0) is 14.3 Å². The van der Waals surface area contributed by atoms with Gasteiger partial charge in [0.15, 0.2) is 4.80 Å². The van der Waals surface area contributed by atoms with Crippen LogP contribution in [0.25, 0.3) is 6.08 Å². The Morgan fingerprint density at radius 2 is 1.83 bits per heavy atom. The van der Waals surface area contributed by atoms with E-state index in [1.54, 1.807) is 18.6 Å². The zero-order valence-electron chi connectivity index (χ0n) is 20.0. The van der Waals surface area contributed by atoms with Crippen LogP contribution in [0.2, 0.25) is 0 Å². The first-order valence-electron chi connectivity index (χ1n) is 11.5. The number of aromatic nitrogens is 1. The van der Waals surface area contributed by atoms with E-state index in [0.29, 0.717) is 27.2 Å². The van der Waals surface area contributed by atoms with Crippen molar-refractivity contribution in [2.24, 2.45) is 4.99 Å². The number of esters is 1. The molecule has 0 saturated heterocycles. The van der Waals surface area contributed by atoms with Crippen LogP contribution in [-0.4, -0.2) is 37.5 Å². The number of ether oxygens (including phenoxy) is 3. The van der Waals surface area contributed by atoms with E-state index in [0.717, 1.165) is 23.3 Å². The van der Waals surface area contributed by atoms with E-state index < -0.39 is 12.0 Å². The van der Waals surface area contributed by atoms with Crippen molar-refractivity contribution in [2.75, 3.05) is 26.9 Å². The Morgan fingerprint density at radius 3 is 2.51 bits per heavy atom. The molecule has 0 aliphatic carbocycles. The number of hydrogen-bond donors (Lipinski definition) is 0. The highest BCUT2D eigenvalue weighted by molar-refractivity contribution is 7.07. The van der Waals surface area contributed by atoms with Crippen molar-refractivity contribution >= 4 is 23.4 Å². The first kappa shape index (κ1) is 24.6. The molecule has 0 spiro atoms. The van der Waals surface area contributed by atoms with Gasteiger partial charge in [0.1, 0.15) is 12.4 Å². The lowest BCUT2D eigenvalue weighted by atomic mass is 9.96. The van der Waals surface area contributed by atoms with Crippen molar-refractivity contribution in [1.29, 1.82) is 0 Å². The Labute approximate surface area is 207 Å². The first-order chi connectivity index (χ1) is 17.0. The molecule has 0 radical (unpaired) electrons. The molecular weight excluding hydrogens is 464 g/mol. The highest BCUT2D eigenvalue weighted by Crippen LogP contribution is 2.31. The number of rotatable bonds is 9. The van der Waals surface area contributed by atoms with E-state index in [9.17, 15) is 9.59 Å². The van der Waals surface area contributed by atoms with E-state index in [1.807, 2.05) is 67.6 Å². The van der Waals surface area contributed by atoms with E-state index >= 15 is 0 Å². The van der Waals surface area contributed by atoms with Crippen LogP contribution in [0.15, 0.2) is 75.7 Å². The van der Waals surface area contributed by atoms with Crippen LogP contribution in [0.5, 0.6) is 5.75 Å². The van der Waals surface area contributed by atoms with Crippen LogP contribution in [0.3, 0.4) is 0 Å². The monoisotopic (exact) mass is 492 g/mol. The lowest BCUT2D eigenvalue weighted by molar-refractivity contribution is -0.140. The third-order valence-corrected chi connectivity index (χ3v) is 6.51. The number of allylic oxidation sites excluding steroid dienone is 1. The second-order valence-electron chi connectivity index (χ2n) is 8.04. The molecule has 35 heavy (non-hydrogen) atoms. The minimum Gasteiger partial charge on any atom is -0.494 e. The Bertz CT molecular complexity index is 1390. The van der Waals surface area contributed by atoms with Crippen molar-refractivity contribution in [3.05, 3.63) is 96.7 Å². The number of nitrogens with zero attached hydrogens (tertiary/aromatic N) is 2. The van der Waals surface area contributed by atoms with Gasteiger partial charge in [0, 0.05) is 7.11 Å². The maximum atomic E-state index is 13.6. The highest BCUT2D eigenvalue weighted by atomic mass is 32.1. The number of fused-ring (bicyclic) bond motifs is 1. The quantitative estimate of drug-likeness (QED) is 0.339. The molecule has 0 amide bonds. The Kier molecular flexibility index (Phi) is 7.94. The summed E-state index contributed by atoms with van der Waals surface area (Å²) in [5.74, 6) is 0.217. The summed E-state index contributed by atoms with van der Waals surface area (Å²) in [4.78, 5) is 31.9. The summed E-state index contributed by atoms with van der Waals surface area (Å²) in [6.07, 6.45) is 2.75. The van der Waals surface area contributed by atoms with E-state index in [-0.39, 0.29) is 18.8 Å². The fraction of sp³-hybridized carbons (Fsp3) is 0.296. The molecule has 1 aliphatic rings. The van der Waals surface area contributed by atoms with Crippen LogP contribution < -0.4 is 19.6 Å². The average molecular weight is 493 g/mol. The van der Waals surface area contributed by atoms with Gasteiger partial charge in [-0.1, -0.05) is 60.7 Å². The van der Waals surface area contributed by atoms with Crippen LogP contribution in [0.1, 0.15) is 37.4 Å². The summed E-state index contributed by atoms with van der Waals surface area (Å²) in [5.41, 5.74) is 2.35. The minimum absolute atomic E-state index is 0.112. The zero-order valence-corrected chi connectivity index (χ0v) is 20.8. The molecule has 0 unspecified atom stereocenters. The number of thiazole rings is 1. The lowest BCUT2D eigenvalue weighted by Crippen LogP contribution is -2.40. The molecule has 3 aromatic rings. The van der Waals surface area contributed by atoms with Gasteiger partial charge in [0.25, 0.3) is 5.56 Å². The summed E-state index contributed by atoms with van der Waals surface area (Å²) in [6.45, 7) is 4.82. The predicted octanol–water partition coefficient (Wildman–Crippen LogP) is 3.21. The third kappa shape index (κ3) is 5.44. The Morgan fingerprint density at radius 1 is 1.09 bits per heavy atom. The molecule has 1 aliphatic heterocycles. The maximum Gasteiger partial charge on any atom is 0.338 e. The minimum atomic E-state index is -0.667. The first-order valence-corrected chi connectivity index (χ1v) is 12.3. The molecule has 182 valence electrons. The van der Waals surface area contributed by atoms with Gasteiger partial charge >= 0.3 is 5.97 Å². The van der Waals surface area contributed by atoms with E-state index in [1.165, 1.54) is 11.3 Å². The predicted molar refractivity (Wildman–Crippen MR) is 135 cm³/mol. The maximum absolute atomic E-state index is 13.6. The summed E-state index contributed by atoms with van der Waals surface area (Å²) in [5, 5.41) is 0. The Hall–Kier alpha value is -3.49. The van der Waals surface area contributed by atoms with Crippen molar-refractivity contribution in [2.45, 2.75) is 26.3 Å². The average Bonchev–Trinajstić information content (AvgIpc) is 3.17. The lowest BCUT2D eigenvalue weighted by Gasteiger charge is -2.25. The van der Waals surface area contributed by atoms with Crippen LogP contribution in [0, 0.1) is 0 Å². The Balaban J connectivity index is 1.83. The van der Waals surface area contributed by atoms with E-state index in [2.05, 4.69) is 4.99 Å². The standard InChI is InChI=1S/C27H28N2O5S/c1-4-14-33-21-12-10-20(11-13-21)24-23(26(31)34-16-15-32-3)18(2)28-27-29(24)25(30)22(35-27)17-19-8-6-5-7-9-19/h5-13,17,24H,4,14-16H2,1-3H3/b22-17-/t24-/m1/s1. The number of carbonyl (C=O) groups excluding carboxylic acids is 1. The molecule has 4 rings (SSSR count). The third-order valence-electron chi connectivity index (χ3n) is 5.53. The number of carbonyl (C=O) groups is 1.